The highest BCUT2D eigenvalue weighted by Crippen LogP contribution is 2.44. The van der Waals surface area contributed by atoms with Gasteiger partial charge >= 0.3 is 0 Å². The van der Waals surface area contributed by atoms with E-state index in [-0.39, 0.29) is 24.0 Å². The van der Waals surface area contributed by atoms with Crippen LogP contribution in [-0.2, 0) is 6.54 Å². The lowest BCUT2D eigenvalue weighted by Gasteiger charge is -2.22. The summed E-state index contributed by atoms with van der Waals surface area (Å²) in [7, 11) is 0. The Kier molecular flexibility index (Phi) is 7.78. The number of rotatable bonds is 5. The smallest absolute Gasteiger partial charge is 0.191 e. The molecule has 0 saturated heterocycles. The van der Waals surface area contributed by atoms with E-state index < -0.39 is 0 Å². The molecule has 2 saturated carbocycles. The molecule has 1 aromatic heterocycles. The molecule has 1 aromatic rings. The zero-order chi connectivity index (χ0) is 16.2. The minimum atomic E-state index is 0. The molecule has 6 heteroatoms. The van der Waals surface area contributed by atoms with Crippen molar-refractivity contribution in [3.63, 3.8) is 0 Å². The van der Waals surface area contributed by atoms with Gasteiger partial charge in [0, 0.05) is 17.5 Å². The van der Waals surface area contributed by atoms with Gasteiger partial charge in [-0.15, -0.1) is 35.3 Å². The summed E-state index contributed by atoms with van der Waals surface area (Å²) < 4.78 is 0. The third-order valence-corrected chi connectivity index (χ3v) is 6.26. The number of aryl methyl sites for hydroxylation is 2. The van der Waals surface area contributed by atoms with E-state index in [9.17, 15) is 0 Å². The highest BCUT2D eigenvalue weighted by Gasteiger charge is 2.43. The number of halogens is 1. The van der Waals surface area contributed by atoms with Crippen molar-refractivity contribution in [2.45, 2.75) is 71.9 Å². The minimum absolute atomic E-state index is 0. The van der Waals surface area contributed by atoms with Gasteiger partial charge < -0.3 is 10.6 Å². The highest BCUT2D eigenvalue weighted by molar-refractivity contribution is 14.0. The van der Waals surface area contributed by atoms with Gasteiger partial charge in [-0.3, -0.25) is 0 Å². The standard InChI is InChI=1S/C18H30N4S.HI/c1-4-19-18(20-11-17-21-12(2)13(3)23-17)22-16-10-15(16)14-8-6-5-7-9-14;/h14-16H,4-11H2,1-3H3,(H2,19,20,22);1H. The number of nitrogens with zero attached hydrogens (tertiary/aromatic N) is 2. The van der Waals surface area contributed by atoms with Crippen molar-refractivity contribution in [2.75, 3.05) is 6.54 Å². The van der Waals surface area contributed by atoms with Crippen molar-refractivity contribution in [3.05, 3.63) is 15.6 Å². The molecule has 0 spiro atoms. The molecule has 0 aromatic carbocycles. The number of guanidine groups is 1. The average molecular weight is 462 g/mol. The van der Waals surface area contributed by atoms with Gasteiger partial charge in [0.05, 0.1) is 12.2 Å². The van der Waals surface area contributed by atoms with E-state index >= 15 is 0 Å². The maximum Gasteiger partial charge on any atom is 0.191 e. The minimum Gasteiger partial charge on any atom is -0.357 e. The molecule has 0 radical (unpaired) electrons. The second-order valence-corrected chi connectivity index (χ2v) is 8.28. The van der Waals surface area contributed by atoms with Crippen molar-refractivity contribution in [1.82, 2.24) is 15.6 Å². The first-order valence-electron chi connectivity index (χ1n) is 9.15. The summed E-state index contributed by atoms with van der Waals surface area (Å²) in [6.45, 7) is 7.91. The van der Waals surface area contributed by atoms with E-state index in [2.05, 4.69) is 36.4 Å². The summed E-state index contributed by atoms with van der Waals surface area (Å²) in [6.07, 6.45) is 8.51. The number of hydrogen-bond donors (Lipinski definition) is 2. The van der Waals surface area contributed by atoms with E-state index in [1.165, 1.54) is 43.4 Å². The third-order valence-electron chi connectivity index (χ3n) is 5.21. The van der Waals surface area contributed by atoms with Crippen LogP contribution in [0.4, 0.5) is 0 Å². The van der Waals surface area contributed by atoms with Crippen molar-refractivity contribution in [2.24, 2.45) is 16.8 Å². The van der Waals surface area contributed by atoms with Crippen LogP contribution in [0.3, 0.4) is 0 Å². The molecule has 2 N–H and O–H groups in total. The lowest BCUT2D eigenvalue weighted by molar-refractivity contribution is 0.315. The highest BCUT2D eigenvalue weighted by atomic mass is 127. The maximum absolute atomic E-state index is 4.74. The van der Waals surface area contributed by atoms with Crippen LogP contribution in [0, 0.1) is 25.7 Å². The molecule has 2 fully saturated rings. The van der Waals surface area contributed by atoms with E-state index in [0.29, 0.717) is 12.6 Å². The molecule has 24 heavy (non-hydrogen) atoms. The molecule has 2 aliphatic carbocycles. The van der Waals surface area contributed by atoms with E-state index in [0.717, 1.165) is 35.0 Å². The van der Waals surface area contributed by atoms with Crippen molar-refractivity contribution in [3.8, 4) is 0 Å². The number of nitrogens with one attached hydrogen (secondary N) is 2. The van der Waals surface area contributed by atoms with Crippen molar-refractivity contribution >= 4 is 41.3 Å². The first kappa shape index (κ1) is 19.9. The Morgan fingerprint density at radius 2 is 2.00 bits per heavy atom. The normalized spacial score (nSPS) is 24.4. The second-order valence-electron chi connectivity index (χ2n) is 6.99. The molecule has 2 aliphatic rings. The molecule has 1 heterocycles. The van der Waals surface area contributed by atoms with Crippen LogP contribution in [0.1, 0.15) is 61.0 Å². The number of aliphatic imine (C=N–C) groups is 1. The average Bonchev–Trinajstić information content (AvgIpc) is 3.24. The van der Waals surface area contributed by atoms with Gasteiger partial charge in [0.15, 0.2) is 5.96 Å². The lowest BCUT2D eigenvalue weighted by Crippen LogP contribution is -2.39. The number of thiazole rings is 1. The number of aromatic nitrogens is 1. The molecule has 0 aliphatic heterocycles. The number of hydrogen-bond acceptors (Lipinski definition) is 3. The summed E-state index contributed by atoms with van der Waals surface area (Å²) in [5, 5.41) is 8.14. The van der Waals surface area contributed by atoms with Crippen molar-refractivity contribution < 1.29 is 0 Å². The topological polar surface area (TPSA) is 49.3 Å². The quantitative estimate of drug-likeness (QED) is 0.388. The van der Waals surface area contributed by atoms with Gasteiger partial charge in [0.1, 0.15) is 5.01 Å². The Hall–Kier alpha value is -0.370. The Balaban J connectivity index is 0.00000208. The molecule has 3 rings (SSSR count). The molecule has 2 atom stereocenters. The van der Waals surface area contributed by atoms with Crippen molar-refractivity contribution in [1.29, 1.82) is 0 Å². The van der Waals surface area contributed by atoms with Gasteiger partial charge in [-0.05, 0) is 39.0 Å². The Labute approximate surface area is 167 Å². The van der Waals surface area contributed by atoms with Crippen LogP contribution in [0.15, 0.2) is 4.99 Å². The van der Waals surface area contributed by atoms with Gasteiger partial charge in [0.2, 0.25) is 0 Å². The van der Waals surface area contributed by atoms with Gasteiger partial charge in [-0.1, -0.05) is 32.1 Å². The van der Waals surface area contributed by atoms with Gasteiger partial charge in [-0.2, -0.15) is 0 Å². The van der Waals surface area contributed by atoms with Crippen LogP contribution in [0.2, 0.25) is 0 Å². The summed E-state index contributed by atoms with van der Waals surface area (Å²) in [6, 6.07) is 0.635. The SMILES string of the molecule is CCNC(=NCc1nc(C)c(C)s1)NC1CC1C1CCCCC1.I. The van der Waals surface area contributed by atoms with E-state index in [1.54, 1.807) is 11.3 Å². The van der Waals surface area contributed by atoms with Crippen LogP contribution < -0.4 is 10.6 Å². The lowest BCUT2D eigenvalue weighted by atomic mass is 9.85. The third kappa shape index (κ3) is 5.31. The predicted molar refractivity (Wildman–Crippen MR) is 113 cm³/mol. The molecular formula is C18H31IN4S. The summed E-state index contributed by atoms with van der Waals surface area (Å²) in [5.41, 5.74) is 1.14. The molecule has 0 bridgehead atoms. The molecule has 4 nitrogen and oxygen atoms in total. The van der Waals surface area contributed by atoms with Gasteiger partial charge in [0.25, 0.3) is 0 Å². The zero-order valence-electron chi connectivity index (χ0n) is 15.1. The summed E-state index contributed by atoms with van der Waals surface area (Å²) in [4.78, 5) is 10.6. The first-order valence-corrected chi connectivity index (χ1v) is 9.96. The van der Waals surface area contributed by atoms with Crippen LogP contribution >= 0.6 is 35.3 Å². The molecule has 136 valence electrons. The molecule has 0 amide bonds. The van der Waals surface area contributed by atoms with Gasteiger partial charge in [-0.25, -0.2) is 9.98 Å². The fourth-order valence-corrected chi connectivity index (χ4v) is 4.57. The van der Waals surface area contributed by atoms with Crippen LogP contribution in [0.5, 0.6) is 0 Å². The Morgan fingerprint density at radius 3 is 2.62 bits per heavy atom. The maximum atomic E-state index is 4.74. The monoisotopic (exact) mass is 462 g/mol. The van der Waals surface area contributed by atoms with E-state index in [1.807, 2.05) is 0 Å². The van der Waals surface area contributed by atoms with E-state index in [4.69, 9.17) is 4.99 Å². The predicted octanol–water partition coefficient (Wildman–Crippen LogP) is 4.40. The van der Waals surface area contributed by atoms with Crippen LogP contribution in [0.25, 0.3) is 0 Å². The fraction of sp³-hybridized carbons (Fsp3) is 0.778. The largest absolute Gasteiger partial charge is 0.357 e. The first-order chi connectivity index (χ1) is 11.2. The Bertz CT molecular complexity index is 532. The molecule has 2 unspecified atom stereocenters. The fourth-order valence-electron chi connectivity index (χ4n) is 3.71. The zero-order valence-corrected chi connectivity index (χ0v) is 18.2. The molecular weight excluding hydrogens is 431 g/mol. The second kappa shape index (κ2) is 9.36. The summed E-state index contributed by atoms with van der Waals surface area (Å²) in [5.74, 6) is 2.79. The summed E-state index contributed by atoms with van der Waals surface area (Å²) >= 11 is 1.76. The Morgan fingerprint density at radius 1 is 1.25 bits per heavy atom. The van der Waals surface area contributed by atoms with Crippen LogP contribution in [-0.4, -0.2) is 23.5 Å².